The maximum Gasteiger partial charge on any atom is 0.271 e. The first-order chi connectivity index (χ1) is 11.3. The first-order valence-corrected chi connectivity index (χ1v) is 8.86. The molecule has 2 unspecified atom stereocenters. The van der Waals surface area contributed by atoms with Crippen LogP contribution in [0.5, 0.6) is 5.75 Å². The number of hydrogen-bond donors (Lipinski definition) is 1. The fraction of sp³-hybridized carbons (Fsp3) is 0.571. The first-order valence-electron chi connectivity index (χ1n) is 7.42. The summed E-state index contributed by atoms with van der Waals surface area (Å²) in [6.07, 6.45) is 0.949. The quantitative estimate of drug-likeness (QED) is 0.586. The summed E-state index contributed by atoms with van der Waals surface area (Å²) in [5, 5.41) is 11.0. The van der Waals surface area contributed by atoms with Gasteiger partial charge in [0.2, 0.25) is 10.0 Å². The SMILES string of the molecule is COc1ccc([N+](=O)[O-])cc1S(=O)(=O)N1CCC(OC)CC1CN. The number of ether oxygens (including phenoxy) is 2. The average Bonchev–Trinajstić information content (AvgIpc) is 2.60. The normalized spacial score (nSPS) is 22.3. The van der Waals surface area contributed by atoms with Gasteiger partial charge in [0.05, 0.1) is 18.1 Å². The molecule has 1 fully saturated rings. The van der Waals surface area contributed by atoms with Crippen LogP contribution in [0.3, 0.4) is 0 Å². The lowest BCUT2D eigenvalue weighted by Crippen LogP contribution is -2.51. The molecule has 24 heavy (non-hydrogen) atoms. The van der Waals surface area contributed by atoms with Gasteiger partial charge in [0.15, 0.2) is 0 Å². The van der Waals surface area contributed by atoms with Crippen molar-refractivity contribution in [1.82, 2.24) is 4.31 Å². The Hall–Kier alpha value is -1.75. The molecule has 134 valence electrons. The van der Waals surface area contributed by atoms with Crippen molar-refractivity contribution < 1.29 is 22.8 Å². The number of methoxy groups -OCH3 is 2. The zero-order chi connectivity index (χ0) is 17.9. The topological polar surface area (TPSA) is 125 Å². The van der Waals surface area contributed by atoms with Crippen LogP contribution in [0.2, 0.25) is 0 Å². The van der Waals surface area contributed by atoms with Gasteiger partial charge in [0.25, 0.3) is 5.69 Å². The Morgan fingerprint density at radius 1 is 1.42 bits per heavy atom. The van der Waals surface area contributed by atoms with E-state index in [-0.39, 0.29) is 35.5 Å². The third-order valence-electron chi connectivity index (χ3n) is 4.16. The van der Waals surface area contributed by atoms with Crippen LogP contribution in [-0.4, -0.2) is 57.1 Å². The van der Waals surface area contributed by atoms with Crippen LogP contribution in [-0.2, 0) is 14.8 Å². The molecular weight excluding hydrogens is 338 g/mol. The molecular formula is C14H21N3O6S. The second kappa shape index (κ2) is 7.43. The van der Waals surface area contributed by atoms with Crippen molar-refractivity contribution in [3.05, 3.63) is 28.3 Å². The predicted octanol–water partition coefficient (Wildman–Crippen LogP) is 0.730. The summed E-state index contributed by atoms with van der Waals surface area (Å²) in [6, 6.07) is 3.07. The number of nitrogens with zero attached hydrogens (tertiary/aromatic N) is 2. The Bertz CT molecular complexity index is 708. The van der Waals surface area contributed by atoms with Crippen molar-refractivity contribution in [1.29, 1.82) is 0 Å². The van der Waals surface area contributed by atoms with E-state index in [4.69, 9.17) is 15.2 Å². The lowest BCUT2D eigenvalue weighted by molar-refractivity contribution is -0.385. The molecule has 0 aliphatic carbocycles. The van der Waals surface area contributed by atoms with Crippen LogP contribution in [0.15, 0.2) is 23.1 Å². The second-order valence-electron chi connectivity index (χ2n) is 5.48. The molecule has 1 heterocycles. The molecule has 0 aromatic heterocycles. The van der Waals surface area contributed by atoms with E-state index >= 15 is 0 Å². The summed E-state index contributed by atoms with van der Waals surface area (Å²) in [5.41, 5.74) is 5.42. The molecule has 0 bridgehead atoms. The van der Waals surface area contributed by atoms with Crippen molar-refractivity contribution >= 4 is 15.7 Å². The fourth-order valence-electron chi connectivity index (χ4n) is 2.84. The van der Waals surface area contributed by atoms with Crippen LogP contribution in [0.25, 0.3) is 0 Å². The molecule has 2 rings (SSSR count). The summed E-state index contributed by atoms with van der Waals surface area (Å²) in [5.74, 6) is 0.0604. The summed E-state index contributed by atoms with van der Waals surface area (Å²) in [7, 11) is -1.09. The summed E-state index contributed by atoms with van der Waals surface area (Å²) in [4.78, 5) is 10.1. The molecule has 1 aromatic carbocycles. The molecule has 0 saturated carbocycles. The molecule has 1 aromatic rings. The molecule has 10 heteroatoms. The number of hydrogen-bond acceptors (Lipinski definition) is 7. The standard InChI is InChI=1S/C14H21N3O6S/c1-22-12-5-6-16(11(7-12)9-15)24(20,21)14-8-10(17(18)19)3-4-13(14)23-2/h3-4,8,11-12H,5-7,9,15H2,1-2H3. The molecule has 1 aliphatic rings. The molecule has 2 N–H and O–H groups in total. The van der Waals surface area contributed by atoms with Gasteiger partial charge in [-0.05, 0) is 18.9 Å². The van der Waals surface area contributed by atoms with Gasteiger partial charge in [-0.25, -0.2) is 8.42 Å². The van der Waals surface area contributed by atoms with E-state index in [9.17, 15) is 18.5 Å². The van der Waals surface area contributed by atoms with Crippen LogP contribution >= 0.6 is 0 Å². The predicted molar refractivity (Wildman–Crippen MR) is 86.4 cm³/mol. The zero-order valence-corrected chi connectivity index (χ0v) is 14.4. The number of piperidine rings is 1. The molecule has 0 amide bonds. The highest BCUT2D eigenvalue weighted by Gasteiger charge is 2.38. The second-order valence-corrected chi connectivity index (χ2v) is 7.34. The third kappa shape index (κ3) is 3.51. The van der Waals surface area contributed by atoms with E-state index in [1.165, 1.54) is 23.5 Å². The van der Waals surface area contributed by atoms with Gasteiger partial charge in [-0.15, -0.1) is 0 Å². The van der Waals surface area contributed by atoms with E-state index in [1.54, 1.807) is 7.11 Å². The molecule has 1 saturated heterocycles. The van der Waals surface area contributed by atoms with Crippen molar-refractivity contribution in [3.63, 3.8) is 0 Å². The van der Waals surface area contributed by atoms with Crippen LogP contribution < -0.4 is 10.5 Å². The zero-order valence-electron chi connectivity index (χ0n) is 13.5. The van der Waals surface area contributed by atoms with E-state index in [0.717, 1.165) is 6.07 Å². The van der Waals surface area contributed by atoms with Crippen molar-refractivity contribution in [2.75, 3.05) is 27.3 Å². The maximum atomic E-state index is 13.0. The lowest BCUT2D eigenvalue weighted by atomic mass is 10.0. The van der Waals surface area contributed by atoms with E-state index in [1.807, 2.05) is 0 Å². The summed E-state index contributed by atoms with van der Waals surface area (Å²) in [6.45, 7) is 0.366. The molecule has 0 spiro atoms. The summed E-state index contributed by atoms with van der Waals surface area (Å²) >= 11 is 0. The number of nitro groups is 1. The molecule has 2 atom stereocenters. The largest absolute Gasteiger partial charge is 0.495 e. The number of nitrogens with two attached hydrogens (primary N) is 1. The Morgan fingerprint density at radius 2 is 2.12 bits per heavy atom. The van der Waals surface area contributed by atoms with Crippen LogP contribution in [0.1, 0.15) is 12.8 Å². The lowest BCUT2D eigenvalue weighted by Gasteiger charge is -2.37. The number of rotatable bonds is 6. The van der Waals surface area contributed by atoms with E-state index < -0.39 is 21.0 Å². The minimum absolute atomic E-state index is 0.0583. The number of sulfonamides is 1. The smallest absolute Gasteiger partial charge is 0.271 e. The monoisotopic (exact) mass is 359 g/mol. The molecule has 0 radical (unpaired) electrons. The highest BCUT2D eigenvalue weighted by atomic mass is 32.2. The van der Waals surface area contributed by atoms with Gasteiger partial charge in [0.1, 0.15) is 10.6 Å². The molecule has 9 nitrogen and oxygen atoms in total. The fourth-order valence-corrected chi connectivity index (χ4v) is 4.68. The Balaban J connectivity index is 2.46. The van der Waals surface area contributed by atoms with Gasteiger partial charge in [0, 0.05) is 38.4 Å². The van der Waals surface area contributed by atoms with Crippen LogP contribution in [0, 0.1) is 10.1 Å². The van der Waals surface area contributed by atoms with Gasteiger partial charge >= 0.3 is 0 Å². The van der Waals surface area contributed by atoms with Gasteiger partial charge in [-0.2, -0.15) is 4.31 Å². The van der Waals surface area contributed by atoms with Crippen molar-refractivity contribution in [2.24, 2.45) is 5.73 Å². The van der Waals surface area contributed by atoms with Crippen LogP contribution in [0.4, 0.5) is 5.69 Å². The highest BCUT2D eigenvalue weighted by molar-refractivity contribution is 7.89. The number of nitro benzene ring substituents is 1. The first kappa shape index (κ1) is 18.6. The maximum absolute atomic E-state index is 13.0. The Kier molecular flexibility index (Phi) is 5.75. The third-order valence-corrected chi connectivity index (χ3v) is 6.14. The Morgan fingerprint density at radius 3 is 2.67 bits per heavy atom. The van der Waals surface area contributed by atoms with E-state index in [2.05, 4.69) is 0 Å². The number of non-ortho nitro benzene ring substituents is 1. The van der Waals surface area contributed by atoms with Gasteiger partial charge in [-0.1, -0.05) is 0 Å². The minimum atomic E-state index is -3.99. The Labute approximate surface area is 140 Å². The molecule has 1 aliphatic heterocycles. The van der Waals surface area contributed by atoms with Crippen molar-refractivity contribution in [2.45, 2.75) is 29.9 Å². The number of benzene rings is 1. The van der Waals surface area contributed by atoms with Gasteiger partial charge < -0.3 is 15.2 Å². The summed E-state index contributed by atoms with van der Waals surface area (Å²) < 4.78 is 37.7. The minimum Gasteiger partial charge on any atom is -0.495 e. The van der Waals surface area contributed by atoms with E-state index in [0.29, 0.717) is 12.8 Å². The van der Waals surface area contributed by atoms with Gasteiger partial charge in [-0.3, -0.25) is 10.1 Å². The van der Waals surface area contributed by atoms with Crippen molar-refractivity contribution in [3.8, 4) is 5.75 Å². The average molecular weight is 359 g/mol. The highest BCUT2D eigenvalue weighted by Crippen LogP contribution is 2.33.